The summed E-state index contributed by atoms with van der Waals surface area (Å²) in [7, 11) is 0. The molecule has 0 aliphatic rings. The van der Waals surface area contributed by atoms with Gasteiger partial charge in [-0.3, -0.25) is 14.9 Å². The first-order chi connectivity index (χ1) is 7.41. The molecule has 1 aromatic carbocycles. The van der Waals surface area contributed by atoms with E-state index < -0.39 is 37.4 Å². The topological polar surface area (TPSA) is 80.3 Å². The summed E-state index contributed by atoms with van der Waals surface area (Å²) in [4.78, 5) is 22.0. The third-order valence-corrected chi connectivity index (χ3v) is 3.52. The fourth-order valence-electron chi connectivity index (χ4n) is 1.03. The molecule has 7 heteroatoms. The van der Waals surface area contributed by atoms with Crippen LogP contribution in [0.4, 0.5) is 4.39 Å². The van der Waals surface area contributed by atoms with Crippen molar-refractivity contribution in [1.29, 1.82) is 0 Å². The Morgan fingerprint density at radius 1 is 1.31 bits per heavy atom. The second-order valence-corrected chi connectivity index (χ2v) is 5.25. The summed E-state index contributed by atoms with van der Waals surface area (Å²) in [6.07, 6.45) is 0. The highest BCUT2D eigenvalue weighted by atomic mass is 127. The van der Waals surface area contributed by atoms with Gasteiger partial charge in [-0.15, -0.1) is 0 Å². The standard InChI is InChI=1S/C9H7FINO4/c1-5(13)12-9(14)7-4-6(10)2-3-8(7)11(15)16/h2-4H,1H3,(H,12,13,14). The fraction of sp³-hybridized carbons (Fsp3) is 0.111. The van der Waals surface area contributed by atoms with Crippen LogP contribution in [0.25, 0.3) is 0 Å². The average Bonchev–Trinajstić information content (AvgIpc) is 2.15. The first-order valence-corrected chi connectivity index (χ1v) is 6.92. The van der Waals surface area contributed by atoms with Gasteiger partial charge in [0.25, 0.3) is 5.91 Å². The number of amides is 2. The number of hydrogen-bond acceptors (Lipinski definition) is 4. The van der Waals surface area contributed by atoms with E-state index in [2.05, 4.69) is 0 Å². The summed E-state index contributed by atoms with van der Waals surface area (Å²) in [6.45, 7) is 1.10. The van der Waals surface area contributed by atoms with Crippen LogP contribution in [0.2, 0.25) is 0 Å². The maximum atomic E-state index is 12.9. The molecule has 1 rings (SSSR count). The lowest BCUT2D eigenvalue weighted by Gasteiger charge is -2.03. The van der Waals surface area contributed by atoms with Crippen molar-refractivity contribution >= 4 is 31.6 Å². The van der Waals surface area contributed by atoms with Crippen molar-refractivity contribution in [2.45, 2.75) is 6.92 Å². The predicted molar refractivity (Wildman–Crippen MR) is 58.6 cm³/mol. The SMILES string of the molecule is CC(=O)NC(=O)c1cc(F)ccc1I(=O)=O. The van der Waals surface area contributed by atoms with E-state index in [0.29, 0.717) is 0 Å². The second kappa shape index (κ2) is 5.10. The molecule has 0 saturated heterocycles. The Kier molecular flexibility index (Phi) is 4.05. The molecule has 0 fully saturated rings. The van der Waals surface area contributed by atoms with Gasteiger partial charge in [-0.1, -0.05) is 0 Å². The Morgan fingerprint density at radius 3 is 2.44 bits per heavy atom. The van der Waals surface area contributed by atoms with Crippen LogP contribution in [0.3, 0.4) is 0 Å². The summed E-state index contributed by atoms with van der Waals surface area (Å²) in [6, 6.07) is 2.74. The molecule has 0 radical (unpaired) electrons. The summed E-state index contributed by atoms with van der Waals surface area (Å²) >= 11 is -3.90. The van der Waals surface area contributed by atoms with Gasteiger partial charge in [0, 0.05) is 6.92 Å². The summed E-state index contributed by atoms with van der Waals surface area (Å²) in [5, 5.41) is 1.88. The molecule has 86 valence electrons. The minimum absolute atomic E-state index is 0.232. The molecule has 2 amide bonds. The smallest absolute Gasteiger partial charge is 0.293 e. The summed E-state index contributed by atoms with van der Waals surface area (Å²) in [5.41, 5.74) is -0.342. The molecule has 0 heterocycles. The third kappa shape index (κ3) is 3.05. The fourth-order valence-corrected chi connectivity index (χ4v) is 2.38. The quantitative estimate of drug-likeness (QED) is 0.828. The van der Waals surface area contributed by atoms with Crippen LogP contribution < -0.4 is 5.32 Å². The lowest BCUT2D eigenvalue weighted by molar-refractivity contribution is -0.118. The number of rotatable bonds is 2. The van der Waals surface area contributed by atoms with Crippen LogP contribution in [0, 0.1) is 9.39 Å². The van der Waals surface area contributed by atoms with Gasteiger partial charge in [0.05, 0.1) is 9.13 Å². The van der Waals surface area contributed by atoms with E-state index in [1.165, 1.54) is 0 Å². The largest absolute Gasteiger partial charge is 0.341 e. The Labute approximate surface area is 97.2 Å². The maximum Gasteiger partial charge on any atom is 0.341 e. The van der Waals surface area contributed by atoms with Crippen LogP contribution in [0.15, 0.2) is 18.2 Å². The van der Waals surface area contributed by atoms with Crippen LogP contribution in [-0.2, 0) is 10.9 Å². The average molecular weight is 339 g/mol. The lowest BCUT2D eigenvalue weighted by atomic mass is 10.2. The minimum atomic E-state index is -3.90. The zero-order valence-corrected chi connectivity index (χ0v) is 10.3. The molecule has 0 unspecified atom stereocenters. The van der Waals surface area contributed by atoms with Crippen LogP contribution in [0.1, 0.15) is 17.3 Å². The molecule has 1 N–H and O–H groups in total. The molecule has 0 saturated carbocycles. The minimum Gasteiger partial charge on any atom is -0.293 e. The van der Waals surface area contributed by atoms with Gasteiger partial charge < -0.3 is 0 Å². The van der Waals surface area contributed by atoms with Crippen molar-refractivity contribution < 1.29 is 20.1 Å². The van der Waals surface area contributed by atoms with Gasteiger partial charge in [0.1, 0.15) is 5.82 Å². The molecule has 0 aromatic heterocycles. The van der Waals surface area contributed by atoms with Gasteiger partial charge in [0.15, 0.2) is 0 Å². The van der Waals surface area contributed by atoms with E-state index in [1.54, 1.807) is 0 Å². The number of imide groups is 1. The zero-order valence-electron chi connectivity index (χ0n) is 8.12. The van der Waals surface area contributed by atoms with Crippen molar-refractivity contribution in [2.75, 3.05) is 0 Å². The Bertz CT molecular complexity index is 516. The van der Waals surface area contributed by atoms with Crippen molar-refractivity contribution in [3.8, 4) is 0 Å². The van der Waals surface area contributed by atoms with Gasteiger partial charge >= 0.3 is 19.8 Å². The Morgan fingerprint density at radius 2 is 1.94 bits per heavy atom. The van der Waals surface area contributed by atoms with Crippen LogP contribution in [-0.4, -0.2) is 11.8 Å². The zero-order chi connectivity index (χ0) is 12.3. The van der Waals surface area contributed by atoms with Gasteiger partial charge in [-0.2, -0.15) is 0 Å². The molecule has 0 spiro atoms. The molecule has 0 bridgehead atoms. The maximum absolute atomic E-state index is 12.9. The molecular formula is C9H7FINO4. The van der Waals surface area contributed by atoms with E-state index in [9.17, 15) is 20.1 Å². The van der Waals surface area contributed by atoms with Gasteiger partial charge in [-0.05, 0) is 18.2 Å². The van der Waals surface area contributed by atoms with E-state index in [4.69, 9.17) is 0 Å². The van der Waals surface area contributed by atoms with E-state index >= 15 is 0 Å². The molecule has 0 aliphatic carbocycles. The molecule has 5 nitrogen and oxygen atoms in total. The monoisotopic (exact) mass is 339 g/mol. The van der Waals surface area contributed by atoms with Crippen molar-refractivity contribution in [3.05, 3.63) is 33.1 Å². The van der Waals surface area contributed by atoms with Crippen molar-refractivity contribution in [3.63, 3.8) is 0 Å². The van der Waals surface area contributed by atoms with E-state index in [0.717, 1.165) is 25.1 Å². The molecular weight excluding hydrogens is 332 g/mol. The number of carbonyl (C=O) groups excluding carboxylic acids is 2. The predicted octanol–water partition coefficient (Wildman–Crippen LogP) is 1.47. The Balaban J connectivity index is 3.24. The first kappa shape index (κ1) is 12.7. The highest BCUT2D eigenvalue weighted by molar-refractivity contribution is 14.2. The van der Waals surface area contributed by atoms with Crippen LogP contribution in [0.5, 0.6) is 0 Å². The van der Waals surface area contributed by atoms with E-state index in [1.807, 2.05) is 5.32 Å². The van der Waals surface area contributed by atoms with Crippen molar-refractivity contribution in [2.24, 2.45) is 0 Å². The molecule has 0 aliphatic heterocycles. The first-order valence-electron chi connectivity index (χ1n) is 4.08. The molecule has 16 heavy (non-hydrogen) atoms. The number of hydrogen-bond donors (Lipinski definition) is 1. The normalized spacial score (nSPS) is 10.2. The van der Waals surface area contributed by atoms with Crippen molar-refractivity contribution in [1.82, 2.24) is 5.32 Å². The number of carbonyl (C=O) groups is 2. The highest BCUT2D eigenvalue weighted by Crippen LogP contribution is 2.22. The van der Waals surface area contributed by atoms with E-state index in [-0.39, 0.29) is 9.13 Å². The third-order valence-electron chi connectivity index (χ3n) is 1.63. The highest BCUT2D eigenvalue weighted by Gasteiger charge is 2.16. The van der Waals surface area contributed by atoms with Gasteiger partial charge in [-0.25, -0.2) is 10.5 Å². The summed E-state index contributed by atoms with van der Waals surface area (Å²) < 4.78 is 34.4. The molecule has 0 atom stereocenters. The number of benzene rings is 1. The number of nitrogens with one attached hydrogen (secondary N) is 1. The summed E-state index contributed by atoms with van der Waals surface area (Å²) in [5.74, 6) is -2.30. The lowest BCUT2D eigenvalue weighted by Crippen LogP contribution is -2.28. The van der Waals surface area contributed by atoms with Gasteiger partial charge in [0.2, 0.25) is 5.91 Å². The van der Waals surface area contributed by atoms with Crippen LogP contribution >= 0.6 is 19.8 Å². The molecule has 1 aromatic rings. The Hall–Kier alpha value is -1.38. The number of halogens is 2. The second-order valence-electron chi connectivity index (χ2n) is 2.85.